The first-order valence-electron chi connectivity index (χ1n) is 4.74. The molecule has 0 radical (unpaired) electrons. The van der Waals surface area contributed by atoms with Crippen LogP contribution in [0.3, 0.4) is 0 Å². The molecule has 2 N–H and O–H groups in total. The minimum absolute atomic E-state index is 0.00455. The highest BCUT2D eigenvalue weighted by Crippen LogP contribution is 2.35. The predicted octanol–water partition coefficient (Wildman–Crippen LogP) is 1.96. The number of halogens is 1. The summed E-state index contributed by atoms with van der Waals surface area (Å²) >= 11 is 5.84. The summed E-state index contributed by atoms with van der Waals surface area (Å²) in [5.41, 5.74) is 7.22. The molecule has 1 aliphatic heterocycles. The average molecular weight is 212 g/mol. The van der Waals surface area contributed by atoms with E-state index in [9.17, 15) is 0 Å². The van der Waals surface area contributed by atoms with Crippen molar-refractivity contribution in [3.8, 4) is 0 Å². The van der Waals surface area contributed by atoms with Crippen LogP contribution in [0.4, 0.5) is 0 Å². The van der Waals surface area contributed by atoms with Crippen LogP contribution in [0, 0.1) is 0 Å². The molecule has 76 valence electrons. The smallest absolute Gasteiger partial charge is 0.0600 e. The van der Waals surface area contributed by atoms with Gasteiger partial charge >= 0.3 is 0 Å². The molecule has 1 aromatic rings. The first-order valence-corrected chi connectivity index (χ1v) is 5.12. The van der Waals surface area contributed by atoms with Crippen LogP contribution in [0.25, 0.3) is 0 Å². The third-order valence-corrected chi connectivity index (χ3v) is 3.26. The Kier molecular flexibility index (Phi) is 2.52. The van der Waals surface area contributed by atoms with E-state index in [4.69, 9.17) is 22.1 Å². The fraction of sp³-hybridized carbons (Fsp3) is 0.455. The Hall–Kier alpha value is -0.570. The van der Waals surface area contributed by atoms with Crippen LogP contribution in [-0.2, 0) is 10.2 Å². The van der Waals surface area contributed by atoms with Crippen molar-refractivity contribution in [2.45, 2.75) is 18.4 Å². The van der Waals surface area contributed by atoms with Crippen molar-refractivity contribution in [1.29, 1.82) is 0 Å². The van der Waals surface area contributed by atoms with Crippen LogP contribution < -0.4 is 5.73 Å². The number of hydrogen-bond acceptors (Lipinski definition) is 2. The Balaban J connectivity index is 2.32. The fourth-order valence-corrected chi connectivity index (χ4v) is 1.92. The van der Waals surface area contributed by atoms with Crippen molar-refractivity contribution < 1.29 is 4.74 Å². The molecule has 0 aromatic heterocycles. The van der Waals surface area contributed by atoms with Gasteiger partial charge in [0.15, 0.2) is 0 Å². The van der Waals surface area contributed by atoms with Crippen LogP contribution in [0.5, 0.6) is 0 Å². The molecular formula is C11H14ClNO. The van der Waals surface area contributed by atoms with Gasteiger partial charge in [0.05, 0.1) is 18.6 Å². The standard InChI is InChI=1S/C11H14ClNO/c1-8(13)11(6-14-7-11)9-2-4-10(12)5-3-9/h2-5,8H,6-7,13H2,1H3. The third kappa shape index (κ3) is 1.44. The third-order valence-electron chi connectivity index (χ3n) is 3.01. The SMILES string of the molecule is CC(N)C1(c2ccc(Cl)cc2)COC1. The van der Waals surface area contributed by atoms with Crippen LogP contribution in [0.15, 0.2) is 24.3 Å². The second-order valence-corrected chi connectivity index (χ2v) is 4.38. The Morgan fingerprint density at radius 2 is 1.93 bits per heavy atom. The molecule has 2 nitrogen and oxygen atoms in total. The molecule has 14 heavy (non-hydrogen) atoms. The van der Waals surface area contributed by atoms with Gasteiger partial charge in [0.2, 0.25) is 0 Å². The summed E-state index contributed by atoms with van der Waals surface area (Å²) in [6.45, 7) is 3.45. The van der Waals surface area contributed by atoms with E-state index in [0.29, 0.717) is 13.2 Å². The summed E-state index contributed by atoms with van der Waals surface area (Å²) in [5.74, 6) is 0. The molecule has 1 aliphatic rings. The molecule has 0 saturated carbocycles. The molecule has 1 heterocycles. The van der Waals surface area contributed by atoms with Crippen molar-refractivity contribution in [3.05, 3.63) is 34.9 Å². The van der Waals surface area contributed by atoms with Gasteiger partial charge in [-0.2, -0.15) is 0 Å². The quantitative estimate of drug-likeness (QED) is 0.812. The minimum Gasteiger partial charge on any atom is -0.379 e. The molecule has 1 unspecified atom stereocenters. The lowest BCUT2D eigenvalue weighted by molar-refractivity contribution is -0.0701. The van der Waals surface area contributed by atoms with Crippen molar-refractivity contribution in [2.75, 3.05) is 13.2 Å². The van der Waals surface area contributed by atoms with E-state index in [2.05, 4.69) is 0 Å². The van der Waals surface area contributed by atoms with E-state index in [1.165, 1.54) is 5.56 Å². The van der Waals surface area contributed by atoms with E-state index in [0.717, 1.165) is 5.02 Å². The van der Waals surface area contributed by atoms with Crippen molar-refractivity contribution >= 4 is 11.6 Å². The van der Waals surface area contributed by atoms with Crippen LogP contribution in [0.2, 0.25) is 5.02 Å². The minimum atomic E-state index is 0.00455. The summed E-state index contributed by atoms with van der Waals surface area (Å²) in [7, 11) is 0. The largest absolute Gasteiger partial charge is 0.379 e. The average Bonchev–Trinajstić information content (AvgIpc) is 2.05. The Labute approximate surface area is 89.0 Å². The number of hydrogen-bond donors (Lipinski definition) is 1. The maximum atomic E-state index is 5.99. The van der Waals surface area contributed by atoms with E-state index in [-0.39, 0.29) is 11.5 Å². The van der Waals surface area contributed by atoms with E-state index in [1.807, 2.05) is 31.2 Å². The number of rotatable bonds is 2. The maximum absolute atomic E-state index is 5.99. The second kappa shape index (κ2) is 3.54. The summed E-state index contributed by atoms with van der Waals surface area (Å²) in [4.78, 5) is 0. The van der Waals surface area contributed by atoms with Gasteiger partial charge in [0, 0.05) is 11.1 Å². The van der Waals surface area contributed by atoms with Gasteiger partial charge in [-0.25, -0.2) is 0 Å². The van der Waals surface area contributed by atoms with Gasteiger partial charge in [-0.15, -0.1) is 0 Å². The zero-order valence-electron chi connectivity index (χ0n) is 8.16. The molecule has 0 amide bonds. The normalized spacial score (nSPS) is 21.4. The molecule has 1 fully saturated rings. The number of nitrogens with two attached hydrogens (primary N) is 1. The molecule has 1 aromatic carbocycles. The maximum Gasteiger partial charge on any atom is 0.0600 e. The molecular weight excluding hydrogens is 198 g/mol. The van der Waals surface area contributed by atoms with Crippen LogP contribution in [0.1, 0.15) is 12.5 Å². The van der Waals surface area contributed by atoms with Crippen LogP contribution in [-0.4, -0.2) is 19.3 Å². The summed E-state index contributed by atoms with van der Waals surface area (Å²) in [6, 6.07) is 7.98. The second-order valence-electron chi connectivity index (χ2n) is 3.94. The van der Waals surface area contributed by atoms with Crippen molar-refractivity contribution in [3.63, 3.8) is 0 Å². The summed E-state index contributed by atoms with van der Waals surface area (Å²) in [5, 5.41) is 0.758. The molecule has 2 rings (SSSR count). The number of ether oxygens (including phenoxy) is 1. The predicted molar refractivity (Wildman–Crippen MR) is 57.6 cm³/mol. The van der Waals surface area contributed by atoms with Gasteiger partial charge in [-0.1, -0.05) is 23.7 Å². The Morgan fingerprint density at radius 1 is 1.36 bits per heavy atom. The Morgan fingerprint density at radius 3 is 2.29 bits per heavy atom. The first-order chi connectivity index (χ1) is 6.65. The van der Waals surface area contributed by atoms with Gasteiger partial charge < -0.3 is 10.5 Å². The van der Waals surface area contributed by atoms with E-state index < -0.39 is 0 Å². The van der Waals surface area contributed by atoms with Crippen molar-refractivity contribution in [1.82, 2.24) is 0 Å². The van der Waals surface area contributed by atoms with Crippen LogP contribution >= 0.6 is 11.6 Å². The highest BCUT2D eigenvalue weighted by molar-refractivity contribution is 6.30. The first kappa shape index (κ1) is 9.97. The fourth-order valence-electron chi connectivity index (χ4n) is 1.80. The molecule has 3 heteroatoms. The zero-order chi connectivity index (χ0) is 10.2. The highest BCUT2D eigenvalue weighted by Gasteiger charge is 2.43. The highest BCUT2D eigenvalue weighted by atomic mass is 35.5. The molecule has 1 atom stereocenters. The van der Waals surface area contributed by atoms with E-state index in [1.54, 1.807) is 0 Å². The lowest BCUT2D eigenvalue weighted by Gasteiger charge is -2.45. The summed E-state index contributed by atoms with van der Waals surface area (Å²) in [6.07, 6.45) is 0. The van der Waals surface area contributed by atoms with Crippen molar-refractivity contribution in [2.24, 2.45) is 5.73 Å². The Bertz CT molecular complexity index is 317. The molecule has 0 aliphatic carbocycles. The molecule has 0 bridgehead atoms. The number of benzene rings is 1. The topological polar surface area (TPSA) is 35.2 Å². The van der Waals surface area contributed by atoms with Gasteiger partial charge in [-0.05, 0) is 24.6 Å². The van der Waals surface area contributed by atoms with Gasteiger partial charge in [0.25, 0.3) is 0 Å². The van der Waals surface area contributed by atoms with Gasteiger partial charge in [0.1, 0.15) is 0 Å². The molecule has 1 saturated heterocycles. The lowest BCUT2D eigenvalue weighted by atomic mass is 9.73. The monoisotopic (exact) mass is 211 g/mol. The summed E-state index contributed by atoms with van der Waals surface area (Å²) < 4.78 is 5.27. The molecule has 0 spiro atoms. The zero-order valence-corrected chi connectivity index (χ0v) is 8.92. The lowest BCUT2D eigenvalue weighted by Crippen LogP contribution is -2.57. The van der Waals surface area contributed by atoms with Gasteiger partial charge in [-0.3, -0.25) is 0 Å². The van der Waals surface area contributed by atoms with E-state index >= 15 is 0 Å².